The quantitative estimate of drug-likeness (QED) is 0.901. The lowest BCUT2D eigenvalue weighted by atomic mass is 10.2. The summed E-state index contributed by atoms with van der Waals surface area (Å²) in [5.74, 6) is 0.861. The van der Waals surface area contributed by atoms with E-state index in [2.05, 4.69) is 12.2 Å². The molecule has 118 valence electrons. The minimum Gasteiger partial charge on any atom is -0.313 e. The number of hydrogen-bond acceptors (Lipinski definition) is 4. The second-order valence-corrected chi connectivity index (χ2v) is 8.66. The Kier molecular flexibility index (Phi) is 5.71. The van der Waals surface area contributed by atoms with Crippen molar-refractivity contribution in [3.63, 3.8) is 0 Å². The molecule has 0 saturated carbocycles. The van der Waals surface area contributed by atoms with Gasteiger partial charge in [0.1, 0.15) is 0 Å². The average Bonchev–Trinajstić information content (AvgIpc) is 2.48. The molecule has 6 heteroatoms. The molecule has 1 aliphatic rings. The van der Waals surface area contributed by atoms with Gasteiger partial charge < -0.3 is 5.32 Å². The van der Waals surface area contributed by atoms with Crippen LogP contribution in [0.15, 0.2) is 29.2 Å². The zero-order valence-electron chi connectivity index (χ0n) is 12.9. The molecule has 0 radical (unpaired) electrons. The van der Waals surface area contributed by atoms with Crippen LogP contribution in [0.25, 0.3) is 0 Å². The second-order valence-electron chi connectivity index (χ2n) is 5.32. The first kappa shape index (κ1) is 16.8. The fraction of sp³-hybridized carbons (Fsp3) is 0.600. The zero-order valence-corrected chi connectivity index (χ0v) is 14.5. The summed E-state index contributed by atoms with van der Waals surface area (Å²) in [6.45, 7) is 8.11. The van der Waals surface area contributed by atoms with Gasteiger partial charge in [0.2, 0.25) is 10.0 Å². The van der Waals surface area contributed by atoms with Crippen LogP contribution in [0.4, 0.5) is 0 Å². The lowest BCUT2D eigenvalue weighted by Gasteiger charge is -2.36. The van der Waals surface area contributed by atoms with E-state index < -0.39 is 10.0 Å². The number of hydrogen-bond donors (Lipinski definition) is 1. The molecule has 1 aliphatic heterocycles. The molecule has 1 heterocycles. The molecule has 4 nitrogen and oxygen atoms in total. The zero-order chi connectivity index (χ0) is 15.5. The minimum absolute atomic E-state index is 0.0286. The van der Waals surface area contributed by atoms with E-state index in [4.69, 9.17) is 0 Å². The van der Waals surface area contributed by atoms with Crippen molar-refractivity contribution in [3.8, 4) is 0 Å². The molecule has 2 atom stereocenters. The Bertz CT molecular complexity index is 575. The average molecular weight is 329 g/mol. The van der Waals surface area contributed by atoms with Gasteiger partial charge in [0.15, 0.2) is 0 Å². The van der Waals surface area contributed by atoms with Gasteiger partial charge in [0.05, 0.1) is 4.90 Å². The van der Waals surface area contributed by atoms with E-state index in [-0.39, 0.29) is 6.04 Å². The van der Waals surface area contributed by atoms with Gasteiger partial charge >= 0.3 is 0 Å². The van der Waals surface area contributed by atoms with Gasteiger partial charge in [-0.15, -0.1) is 0 Å². The molecule has 0 spiro atoms. The molecule has 1 saturated heterocycles. The first-order chi connectivity index (χ1) is 9.98. The first-order valence-electron chi connectivity index (χ1n) is 7.40. The second kappa shape index (κ2) is 7.13. The van der Waals surface area contributed by atoms with Crippen molar-refractivity contribution in [1.82, 2.24) is 9.62 Å². The monoisotopic (exact) mass is 328 g/mol. The molecule has 0 aliphatic carbocycles. The minimum atomic E-state index is -3.43. The number of nitrogens with one attached hydrogen (secondary N) is 1. The Hall–Kier alpha value is -0.560. The van der Waals surface area contributed by atoms with Crippen LogP contribution in [0, 0.1) is 0 Å². The summed E-state index contributed by atoms with van der Waals surface area (Å²) in [6, 6.07) is 7.34. The van der Waals surface area contributed by atoms with Gasteiger partial charge in [-0.2, -0.15) is 16.1 Å². The van der Waals surface area contributed by atoms with Crippen LogP contribution in [0.1, 0.15) is 26.3 Å². The number of thioether (sulfide) groups is 1. The lowest BCUT2D eigenvalue weighted by molar-refractivity contribution is 0.340. The van der Waals surface area contributed by atoms with E-state index in [0.29, 0.717) is 23.2 Å². The van der Waals surface area contributed by atoms with Gasteiger partial charge in [0.25, 0.3) is 0 Å². The lowest BCUT2D eigenvalue weighted by Crippen LogP contribution is -2.48. The Balaban J connectivity index is 2.35. The third-order valence-corrected chi connectivity index (χ3v) is 7.38. The molecular weight excluding hydrogens is 304 g/mol. The fourth-order valence-electron chi connectivity index (χ4n) is 2.53. The maximum Gasteiger partial charge on any atom is 0.243 e. The highest BCUT2D eigenvalue weighted by Gasteiger charge is 2.35. The van der Waals surface area contributed by atoms with Crippen molar-refractivity contribution >= 4 is 21.8 Å². The van der Waals surface area contributed by atoms with Gasteiger partial charge in [0, 0.05) is 30.1 Å². The van der Waals surface area contributed by atoms with E-state index in [0.717, 1.165) is 17.9 Å². The van der Waals surface area contributed by atoms with Crippen LogP contribution < -0.4 is 5.32 Å². The predicted octanol–water partition coefficient (Wildman–Crippen LogP) is 2.31. The van der Waals surface area contributed by atoms with Crippen molar-refractivity contribution in [3.05, 3.63) is 29.8 Å². The molecule has 2 unspecified atom stereocenters. The maximum atomic E-state index is 13.0. The molecular formula is C15H24N2O2S2. The summed E-state index contributed by atoms with van der Waals surface area (Å²) >= 11 is 1.84. The maximum absolute atomic E-state index is 13.0. The van der Waals surface area contributed by atoms with Crippen LogP contribution in [0.5, 0.6) is 0 Å². The summed E-state index contributed by atoms with van der Waals surface area (Å²) < 4.78 is 27.7. The summed E-state index contributed by atoms with van der Waals surface area (Å²) in [7, 11) is -3.43. The van der Waals surface area contributed by atoms with Gasteiger partial charge in [-0.3, -0.25) is 0 Å². The summed E-state index contributed by atoms with van der Waals surface area (Å²) in [6.07, 6.45) is 0. The van der Waals surface area contributed by atoms with E-state index >= 15 is 0 Å². The molecule has 1 N–H and O–H groups in total. The summed E-state index contributed by atoms with van der Waals surface area (Å²) in [4.78, 5) is 0.442. The highest BCUT2D eigenvalue weighted by Crippen LogP contribution is 2.30. The summed E-state index contributed by atoms with van der Waals surface area (Å²) in [5, 5.41) is 3.54. The van der Waals surface area contributed by atoms with E-state index in [1.54, 1.807) is 16.4 Å². The molecule has 0 aromatic heterocycles. The van der Waals surface area contributed by atoms with Crippen LogP contribution in [-0.4, -0.2) is 42.9 Å². The van der Waals surface area contributed by atoms with Crippen molar-refractivity contribution in [2.24, 2.45) is 0 Å². The third kappa shape index (κ3) is 3.62. The Morgan fingerprint density at radius 1 is 1.33 bits per heavy atom. The Morgan fingerprint density at radius 3 is 2.76 bits per heavy atom. The smallest absolute Gasteiger partial charge is 0.243 e. The van der Waals surface area contributed by atoms with Crippen molar-refractivity contribution in [2.75, 3.05) is 18.8 Å². The highest BCUT2D eigenvalue weighted by molar-refractivity contribution is 8.00. The molecule has 2 rings (SSSR count). The molecule has 1 aromatic carbocycles. The SMILES string of the molecule is CCNCc1ccccc1S(=O)(=O)N1CCSC(C)C1C. The Morgan fingerprint density at radius 2 is 2.05 bits per heavy atom. The molecule has 0 bridgehead atoms. The van der Waals surface area contributed by atoms with Gasteiger partial charge in [-0.25, -0.2) is 8.42 Å². The number of benzene rings is 1. The number of nitrogens with zero attached hydrogens (tertiary/aromatic N) is 1. The molecule has 1 fully saturated rings. The largest absolute Gasteiger partial charge is 0.313 e. The van der Waals surface area contributed by atoms with Crippen molar-refractivity contribution in [2.45, 2.75) is 43.5 Å². The van der Waals surface area contributed by atoms with Crippen molar-refractivity contribution < 1.29 is 8.42 Å². The third-order valence-electron chi connectivity index (χ3n) is 3.95. The number of rotatable bonds is 5. The van der Waals surface area contributed by atoms with Crippen LogP contribution in [0.2, 0.25) is 0 Å². The van der Waals surface area contributed by atoms with Crippen LogP contribution in [0.3, 0.4) is 0 Å². The van der Waals surface area contributed by atoms with Crippen LogP contribution in [-0.2, 0) is 16.6 Å². The normalized spacial score (nSPS) is 24.1. The molecule has 1 aromatic rings. The first-order valence-corrected chi connectivity index (χ1v) is 9.89. The summed E-state index contributed by atoms with van der Waals surface area (Å²) in [5.41, 5.74) is 0.845. The van der Waals surface area contributed by atoms with Crippen molar-refractivity contribution in [1.29, 1.82) is 0 Å². The molecule has 0 amide bonds. The van der Waals surface area contributed by atoms with Gasteiger partial charge in [-0.1, -0.05) is 32.0 Å². The topological polar surface area (TPSA) is 49.4 Å². The molecule has 21 heavy (non-hydrogen) atoms. The number of sulfonamides is 1. The van der Waals surface area contributed by atoms with Gasteiger partial charge in [-0.05, 0) is 25.1 Å². The standard InChI is InChI=1S/C15H24N2O2S2/c1-4-16-11-14-7-5-6-8-15(14)21(18,19)17-9-10-20-13(3)12(17)2/h5-8,12-13,16H,4,9-11H2,1-3H3. The fourth-order valence-corrected chi connectivity index (χ4v) is 5.75. The van der Waals surface area contributed by atoms with Crippen LogP contribution >= 0.6 is 11.8 Å². The van der Waals surface area contributed by atoms with E-state index in [1.165, 1.54) is 0 Å². The predicted molar refractivity (Wildman–Crippen MR) is 89.1 cm³/mol. The highest BCUT2D eigenvalue weighted by atomic mass is 32.2. The Labute approximate surface area is 132 Å². The van der Waals surface area contributed by atoms with E-state index in [9.17, 15) is 8.42 Å². The van der Waals surface area contributed by atoms with E-state index in [1.807, 2.05) is 37.7 Å².